The number of hydrogen-bond donors (Lipinski definition) is 2. The SMILES string of the molecule is CN(C)CCCCNc1ncc(C(=O)O)s1. The highest BCUT2D eigenvalue weighted by Crippen LogP contribution is 2.17. The lowest BCUT2D eigenvalue weighted by Crippen LogP contribution is -2.14. The van der Waals surface area contributed by atoms with Crippen LogP contribution in [0.3, 0.4) is 0 Å². The minimum Gasteiger partial charge on any atom is -0.477 e. The molecule has 90 valence electrons. The van der Waals surface area contributed by atoms with Gasteiger partial charge >= 0.3 is 5.97 Å². The number of nitrogens with one attached hydrogen (secondary N) is 1. The summed E-state index contributed by atoms with van der Waals surface area (Å²) in [4.78, 5) is 17.0. The van der Waals surface area contributed by atoms with Gasteiger partial charge in [0.1, 0.15) is 4.88 Å². The molecule has 16 heavy (non-hydrogen) atoms. The van der Waals surface area contributed by atoms with Gasteiger partial charge in [0, 0.05) is 6.54 Å². The molecular formula is C10H17N3O2S. The maximum absolute atomic E-state index is 10.6. The van der Waals surface area contributed by atoms with Crippen LogP contribution in [-0.4, -0.2) is 48.1 Å². The Bertz CT molecular complexity index is 339. The normalized spacial score (nSPS) is 10.7. The second-order valence-electron chi connectivity index (χ2n) is 3.77. The average Bonchev–Trinajstić information content (AvgIpc) is 2.65. The van der Waals surface area contributed by atoms with E-state index < -0.39 is 5.97 Å². The van der Waals surface area contributed by atoms with Gasteiger partial charge in [-0.2, -0.15) is 0 Å². The molecule has 0 unspecified atom stereocenters. The number of rotatable bonds is 7. The summed E-state index contributed by atoms with van der Waals surface area (Å²) >= 11 is 1.17. The molecule has 0 aliphatic heterocycles. The Morgan fingerprint density at radius 2 is 2.31 bits per heavy atom. The van der Waals surface area contributed by atoms with Gasteiger partial charge < -0.3 is 15.3 Å². The summed E-state index contributed by atoms with van der Waals surface area (Å²) in [5.74, 6) is -0.918. The zero-order chi connectivity index (χ0) is 12.0. The fourth-order valence-electron chi connectivity index (χ4n) is 1.20. The molecule has 0 atom stereocenters. The molecule has 6 heteroatoms. The van der Waals surface area contributed by atoms with E-state index in [-0.39, 0.29) is 4.88 Å². The van der Waals surface area contributed by atoms with Gasteiger partial charge in [0.05, 0.1) is 6.20 Å². The number of carbonyl (C=O) groups is 1. The van der Waals surface area contributed by atoms with Crippen LogP contribution in [0.4, 0.5) is 5.13 Å². The highest BCUT2D eigenvalue weighted by atomic mass is 32.1. The van der Waals surface area contributed by atoms with Crippen molar-refractivity contribution in [2.75, 3.05) is 32.5 Å². The predicted octanol–water partition coefficient (Wildman–Crippen LogP) is 1.59. The Morgan fingerprint density at radius 1 is 1.56 bits per heavy atom. The van der Waals surface area contributed by atoms with Crippen LogP contribution < -0.4 is 5.32 Å². The summed E-state index contributed by atoms with van der Waals surface area (Å²) in [6, 6.07) is 0. The van der Waals surface area contributed by atoms with Crippen molar-refractivity contribution < 1.29 is 9.90 Å². The Morgan fingerprint density at radius 3 is 2.88 bits per heavy atom. The molecule has 0 spiro atoms. The molecule has 0 fully saturated rings. The minimum absolute atomic E-state index is 0.274. The molecule has 0 radical (unpaired) electrons. The quantitative estimate of drug-likeness (QED) is 0.712. The van der Waals surface area contributed by atoms with Crippen LogP contribution in [0.15, 0.2) is 6.20 Å². The molecule has 5 nitrogen and oxygen atoms in total. The summed E-state index contributed by atoms with van der Waals surface area (Å²) in [5, 5.41) is 12.5. The molecule has 0 bridgehead atoms. The summed E-state index contributed by atoms with van der Waals surface area (Å²) in [5.41, 5.74) is 0. The van der Waals surface area contributed by atoms with Gasteiger partial charge in [-0.25, -0.2) is 9.78 Å². The smallest absolute Gasteiger partial charge is 0.347 e. The van der Waals surface area contributed by atoms with Crippen molar-refractivity contribution in [3.63, 3.8) is 0 Å². The van der Waals surface area contributed by atoms with E-state index in [1.54, 1.807) is 0 Å². The van der Waals surface area contributed by atoms with E-state index in [0.717, 1.165) is 25.9 Å². The average molecular weight is 243 g/mol. The van der Waals surface area contributed by atoms with E-state index in [1.807, 2.05) is 14.1 Å². The van der Waals surface area contributed by atoms with Crippen LogP contribution in [0.2, 0.25) is 0 Å². The number of unbranched alkanes of at least 4 members (excludes halogenated alkanes) is 1. The van der Waals surface area contributed by atoms with E-state index in [9.17, 15) is 4.79 Å². The zero-order valence-corrected chi connectivity index (χ0v) is 10.4. The van der Waals surface area contributed by atoms with Crippen LogP contribution in [0.1, 0.15) is 22.5 Å². The summed E-state index contributed by atoms with van der Waals surface area (Å²) < 4.78 is 0. The highest BCUT2D eigenvalue weighted by molar-refractivity contribution is 7.17. The first-order chi connectivity index (χ1) is 7.59. The fraction of sp³-hybridized carbons (Fsp3) is 0.600. The zero-order valence-electron chi connectivity index (χ0n) is 9.56. The number of carboxylic acids is 1. The number of aromatic carboxylic acids is 1. The molecule has 0 aliphatic rings. The molecule has 0 aliphatic carbocycles. The monoisotopic (exact) mass is 243 g/mol. The molecule has 2 N–H and O–H groups in total. The van der Waals surface area contributed by atoms with E-state index in [1.165, 1.54) is 17.5 Å². The molecule has 0 aromatic carbocycles. The maximum atomic E-state index is 10.6. The van der Waals surface area contributed by atoms with Crippen LogP contribution in [0.5, 0.6) is 0 Å². The summed E-state index contributed by atoms with van der Waals surface area (Å²) in [6.45, 7) is 1.90. The van der Waals surface area contributed by atoms with E-state index in [0.29, 0.717) is 5.13 Å². The lowest BCUT2D eigenvalue weighted by Gasteiger charge is -2.08. The first-order valence-corrected chi connectivity index (χ1v) is 5.99. The van der Waals surface area contributed by atoms with Gasteiger partial charge in [-0.1, -0.05) is 11.3 Å². The Labute approximate surface area is 99.1 Å². The molecule has 0 amide bonds. The Hall–Kier alpha value is -1.14. The topological polar surface area (TPSA) is 65.5 Å². The van der Waals surface area contributed by atoms with Crippen LogP contribution >= 0.6 is 11.3 Å². The van der Waals surface area contributed by atoms with Gasteiger partial charge in [-0.05, 0) is 33.5 Å². The van der Waals surface area contributed by atoms with E-state index in [4.69, 9.17) is 5.11 Å². The standard InChI is InChI=1S/C10H17N3O2S/c1-13(2)6-4-3-5-11-10-12-7-8(16-10)9(14)15/h7H,3-6H2,1-2H3,(H,11,12)(H,14,15). The molecule has 1 aromatic rings. The van der Waals surface area contributed by atoms with Crippen LogP contribution in [-0.2, 0) is 0 Å². The first kappa shape index (κ1) is 12.9. The third-order valence-electron chi connectivity index (χ3n) is 2.02. The number of aromatic nitrogens is 1. The molecule has 1 rings (SSSR count). The summed E-state index contributed by atoms with van der Waals surface area (Å²) in [7, 11) is 4.10. The van der Waals surface area contributed by atoms with E-state index >= 15 is 0 Å². The van der Waals surface area contributed by atoms with Crippen LogP contribution in [0, 0.1) is 0 Å². The molecular weight excluding hydrogens is 226 g/mol. The Kier molecular flexibility index (Phi) is 5.21. The number of nitrogens with zero attached hydrogens (tertiary/aromatic N) is 2. The first-order valence-electron chi connectivity index (χ1n) is 5.17. The van der Waals surface area contributed by atoms with Gasteiger partial charge in [0.2, 0.25) is 0 Å². The minimum atomic E-state index is -0.918. The molecule has 0 saturated carbocycles. The fourth-order valence-corrected chi connectivity index (χ4v) is 1.88. The van der Waals surface area contributed by atoms with Crippen molar-refractivity contribution in [3.8, 4) is 0 Å². The third-order valence-corrected chi connectivity index (χ3v) is 2.97. The van der Waals surface area contributed by atoms with Crippen molar-refractivity contribution in [2.45, 2.75) is 12.8 Å². The van der Waals surface area contributed by atoms with Crippen molar-refractivity contribution in [1.82, 2.24) is 9.88 Å². The number of carboxylic acid groups (broad SMARTS) is 1. The molecule has 1 aromatic heterocycles. The summed E-state index contributed by atoms with van der Waals surface area (Å²) in [6.07, 6.45) is 3.56. The largest absolute Gasteiger partial charge is 0.477 e. The van der Waals surface area contributed by atoms with Crippen molar-refractivity contribution >= 4 is 22.4 Å². The third kappa shape index (κ3) is 4.59. The molecule has 1 heterocycles. The van der Waals surface area contributed by atoms with Gasteiger partial charge in [0.15, 0.2) is 5.13 Å². The molecule has 0 saturated heterocycles. The lowest BCUT2D eigenvalue weighted by atomic mass is 10.3. The Balaban J connectivity index is 2.19. The lowest BCUT2D eigenvalue weighted by molar-refractivity contribution is 0.0702. The highest BCUT2D eigenvalue weighted by Gasteiger charge is 2.07. The number of hydrogen-bond acceptors (Lipinski definition) is 5. The van der Waals surface area contributed by atoms with Gasteiger partial charge in [-0.3, -0.25) is 0 Å². The number of thiazole rings is 1. The second-order valence-corrected chi connectivity index (χ2v) is 4.80. The van der Waals surface area contributed by atoms with Crippen molar-refractivity contribution in [2.24, 2.45) is 0 Å². The van der Waals surface area contributed by atoms with Gasteiger partial charge in [-0.15, -0.1) is 0 Å². The van der Waals surface area contributed by atoms with Crippen molar-refractivity contribution in [3.05, 3.63) is 11.1 Å². The van der Waals surface area contributed by atoms with E-state index in [2.05, 4.69) is 15.2 Å². The second kappa shape index (κ2) is 6.44. The maximum Gasteiger partial charge on any atom is 0.347 e. The van der Waals surface area contributed by atoms with Crippen LogP contribution in [0.25, 0.3) is 0 Å². The predicted molar refractivity (Wildman–Crippen MR) is 65.4 cm³/mol. The number of anilines is 1. The van der Waals surface area contributed by atoms with Gasteiger partial charge in [0.25, 0.3) is 0 Å². The van der Waals surface area contributed by atoms with Crippen molar-refractivity contribution in [1.29, 1.82) is 0 Å².